The summed E-state index contributed by atoms with van der Waals surface area (Å²) in [4.78, 5) is 4.03. The molecule has 1 rings (SSSR count). The van der Waals surface area contributed by atoms with Crippen molar-refractivity contribution in [3.05, 3.63) is 29.3 Å². The maximum atomic E-state index is 5.74. The summed E-state index contributed by atoms with van der Waals surface area (Å²) in [6.07, 6.45) is 1.42. The Morgan fingerprint density at radius 2 is 2.42 bits per heavy atom. The number of hydrogen-bond acceptors (Lipinski definition) is 2. The molecule has 3 heteroatoms. The van der Waals surface area contributed by atoms with Gasteiger partial charge in [-0.25, -0.2) is 4.99 Å². The molecule has 0 fully saturated rings. The highest BCUT2D eigenvalue weighted by molar-refractivity contribution is 6.30. The van der Waals surface area contributed by atoms with Gasteiger partial charge in [-0.2, -0.15) is 0 Å². The van der Waals surface area contributed by atoms with Gasteiger partial charge in [0.25, 0.3) is 0 Å². The second-order valence-corrected chi connectivity index (χ2v) is 2.61. The van der Waals surface area contributed by atoms with Crippen LogP contribution in [0, 0.1) is 0 Å². The lowest BCUT2D eigenvalue weighted by Crippen LogP contribution is -1.83. The summed E-state index contributed by atoms with van der Waals surface area (Å²) >= 11 is 5.74. The first-order chi connectivity index (χ1) is 5.83. The Kier molecular flexibility index (Phi) is 3.61. The molecule has 0 saturated carbocycles. The Labute approximate surface area is 76.8 Å². The number of aliphatic imine (C=N–C) groups is 1. The van der Waals surface area contributed by atoms with Crippen LogP contribution in [0.2, 0.25) is 5.02 Å². The number of hydrogen-bond donors (Lipinski definition) is 0. The largest absolute Gasteiger partial charge is 0.483 e. The van der Waals surface area contributed by atoms with E-state index in [1.54, 1.807) is 12.1 Å². The summed E-state index contributed by atoms with van der Waals surface area (Å²) in [6.45, 7) is 2.54. The highest BCUT2D eigenvalue weighted by atomic mass is 35.5. The number of rotatable bonds is 3. The van der Waals surface area contributed by atoms with Crippen molar-refractivity contribution < 1.29 is 4.74 Å². The summed E-state index contributed by atoms with van der Waals surface area (Å²) in [5.74, 6) is 0. The molecule has 0 N–H and O–H groups in total. The molecular weight excluding hydrogens is 174 g/mol. The molecule has 12 heavy (non-hydrogen) atoms. The first-order valence-electron chi connectivity index (χ1n) is 3.72. The Hall–Kier alpha value is -1.02. The van der Waals surface area contributed by atoms with Crippen LogP contribution in [0.3, 0.4) is 0 Å². The maximum Gasteiger partial charge on any atom is 0.174 e. The highest BCUT2D eigenvalue weighted by Gasteiger charge is 1.88. The molecule has 0 radical (unpaired) electrons. The fourth-order valence-corrected chi connectivity index (χ4v) is 0.914. The van der Waals surface area contributed by atoms with E-state index in [9.17, 15) is 0 Å². The average Bonchev–Trinajstić information content (AvgIpc) is 2.05. The van der Waals surface area contributed by atoms with Crippen LogP contribution in [0.25, 0.3) is 0 Å². The zero-order valence-electron chi connectivity index (χ0n) is 6.83. The third-order valence-corrected chi connectivity index (χ3v) is 1.49. The summed E-state index contributed by atoms with van der Waals surface area (Å²) in [6, 6.07) is 7.29. The molecule has 1 aromatic carbocycles. The van der Waals surface area contributed by atoms with E-state index in [0.29, 0.717) is 11.6 Å². The fourth-order valence-electron chi connectivity index (χ4n) is 0.729. The van der Waals surface area contributed by atoms with Crippen LogP contribution >= 0.6 is 11.6 Å². The fraction of sp³-hybridized carbons (Fsp3) is 0.222. The number of nitrogens with zero attached hydrogens (tertiary/aromatic N) is 1. The van der Waals surface area contributed by atoms with E-state index in [2.05, 4.69) is 4.99 Å². The molecule has 0 spiro atoms. The Balaban J connectivity index is 2.63. The second-order valence-electron chi connectivity index (χ2n) is 2.17. The molecule has 2 nitrogen and oxygen atoms in total. The van der Waals surface area contributed by atoms with Gasteiger partial charge >= 0.3 is 0 Å². The second kappa shape index (κ2) is 4.78. The minimum atomic E-state index is 0.629. The third kappa shape index (κ3) is 2.93. The molecule has 0 aliphatic heterocycles. The monoisotopic (exact) mass is 183 g/mol. The van der Waals surface area contributed by atoms with Crippen LogP contribution in [0.1, 0.15) is 6.92 Å². The molecule has 0 heterocycles. The molecule has 1 aromatic rings. The quantitative estimate of drug-likeness (QED) is 0.522. The average molecular weight is 184 g/mol. The van der Waals surface area contributed by atoms with E-state index in [4.69, 9.17) is 16.3 Å². The van der Waals surface area contributed by atoms with Crippen LogP contribution in [-0.2, 0) is 4.74 Å². The van der Waals surface area contributed by atoms with Gasteiger partial charge < -0.3 is 4.74 Å². The van der Waals surface area contributed by atoms with Gasteiger partial charge in [0.05, 0.1) is 12.3 Å². The van der Waals surface area contributed by atoms with Crippen molar-refractivity contribution in [2.75, 3.05) is 6.61 Å². The van der Waals surface area contributed by atoms with Gasteiger partial charge in [0, 0.05) is 5.02 Å². The van der Waals surface area contributed by atoms with Gasteiger partial charge in [0.2, 0.25) is 0 Å². The summed E-state index contributed by atoms with van der Waals surface area (Å²) < 4.78 is 4.94. The predicted octanol–water partition coefficient (Wildman–Crippen LogP) is 3.04. The van der Waals surface area contributed by atoms with Crippen molar-refractivity contribution in [3.63, 3.8) is 0 Å². The number of ether oxygens (including phenoxy) is 1. The van der Waals surface area contributed by atoms with Crippen LogP contribution in [0.5, 0.6) is 0 Å². The van der Waals surface area contributed by atoms with Crippen LogP contribution in [-0.4, -0.2) is 13.0 Å². The zero-order chi connectivity index (χ0) is 8.81. The normalized spacial score (nSPS) is 10.5. The van der Waals surface area contributed by atoms with Gasteiger partial charge in [0.1, 0.15) is 0 Å². The van der Waals surface area contributed by atoms with E-state index in [1.807, 2.05) is 19.1 Å². The topological polar surface area (TPSA) is 21.6 Å². The molecule has 64 valence electrons. The lowest BCUT2D eigenvalue weighted by atomic mass is 10.3. The van der Waals surface area contributed by atoms with Crippen molar-refractivity contribution in [2.24, 2.45) is 4.99 Å². The number of halogens is 1. The first-order valence-corrected chi connectivity index (χ1v) is 4.10. The van der Waals surface area contributed by atoms with Crippen LogP contribution in [0.15, 0.2) is 29.3 Å². The predicted molar refractivity (Wildman–Crippen MR) is 51.2 cm³/mol. The lowest BCUT2D eigenvalue weighted by molar-refractivity contribution is 0.344. The van der Waals surface area contributed by atoms with E-state index >= 15 is 0 Å². The first kappa shape index (κ1) is 9.07. The van der Waals surface area contributed by atoms with Crippen molar-refractivity contribution in [1.29, 1.82) is 0 Å². The van der Waals surface area contributed by atoms with Crippen molar-refractivity contribution in [2.45, 2.75) is 6.92 Å². The van der Waals surface area contributed by atoms with E-state index in [1.165, 1.54) is 6.40 Å². The molecule has 0 aromatic heterocycles. The van der Waals surface area contributed by atoms with Gasteiger partial charge in [-0.1, -0.05) is 17.7 Å². The maximum absolute atomic E-state index is 5.74. The van der Waals surface area contributed by atoms with Crippen molar-refractivity contribution >= 4 is 23.7 Å². The van der Waals surface area contributed by atoms with Gasteiger partial charge in [-0.05, 0) is 25.1 Å². The van der Waals surface area contributed by atoms with Crippen molar-refractivity contribution in [1.82, 2.24) is 0 Å². The van der Waals surface area contributed by atoms with Gasteiger partial charge in [0.15, 0.2) is 6.40 Å². The third-order valence-electron chi connectivity index (χ3n) is 1.25. The molecule has 0 amide bonds. The van der Waals surface area contributed by atoms with Crippen LogP contribution < -0.4 is 0 Å². The van der Waals surface area contributed by atoms with E-state index < -0.39 is 0 Å². The summed E-state index contributed by atoms with van der Waals surface area (Å²) in [5, 5.41) is 0.682. The Morgan fingerprint density at radius 1 is 1.58 bits per heavy atom. The smallest absolute Gasteiger partial charge is 0.174 e. The summed E-state index contributed by atoms with van der Waals surface area (Å²) in [5.41, 5.74) is 0.802. The van der Waals surface area contributed by atoms with E-state index in [-0.39, 0.29) is 0 Å². The molecular formula is C9H10ClNO. The van der Waals surface area contributed by atoms with Crippen molar-refractivity contribution in [3.8, 4) is 0 Å². The minimum absolute atomic E-state index is 0.629. The molecule has 0 atom stereocenters. The molecule has 0 aliphatic carbocycles. The SMILES string of the molecule is CCOC=Nc1cccc(Cl)c1. The molecule has 0 bridgehead atoms. The molecule has 0 aliphatic rings. The van der Waals surface area contributed by atoms with Gasteiger partial charge in [-0.3, -0.25) is 0 Å². The zero-order valence-corrected chi connectivity index (χ0v) is 7.58. The Morgan fingerprint density at radius 3 is 3.08 bits per heavy atom. The van der Waals surface area contributed by atoms with E-state index in [0.717, 1.165) is 5.69 Å². The molecule has 0 unspecified atom stereocenters. The Bertz CT molecular complexity index is 273. The minimum Gasteiger partial charge on any atom is -0.483 e. The number of benzene rings is 1. The van der Waals surface area contributed by atoms with Gasteiger partial charge in [-0.15, -0.1) is 0 Å². The van der Waals surface area contributed by atoms with Crippen LogP contribution in [0.4, 0.5) is 5.69 Å². The summed E-state index contributed by atoms with van der Waals surface area (Å²) in [7, 11) is 0. The standard InChI is InChI=1S/C9H10ClNO/c1-2-12-7-11-9-5-3-4-8(10)6-9/h3-7H,2H2,1H3. The molecule has 0 saturated heterocycles. The highest BCUT2D eigenvalue weighted by Crippen LogP contribution is 2.16. The lowest BCUT2D eigenvalue weighted by Gasteiger charge is -1.94.